The summed E-state index contributed by atoms with van der Waals surface area (Å²) in [6.45, 7) is 4.80. The van der Waals surface area contributed by atoms with E-state index in [4.69, 9.17) is 5.26 Å². The highest BCUT2D eigenvalue weighted by atomic mass is 32.1. The zero-order chi connectivity index (χ0) is 13.0. The minimum Gasteiger partial charge on any atom is -0.374 e. The second kappa shape index (κ2) is 5.65. The van der Waals surface area contributed by atoms with Gasteiger partial charge in [-0.3, -0.25) is 0 Å². The van der Waals surface area contributed by atoms with Crippen LogP contribution in [0.25, 0.3) is 0 Å². The molecule has 0 spiro atoms. The molecule has 0 radical (unpaired) electrons. The van der Waals surface area contributed by atoms with Crippen molar-refractivity contribution in [3.63, 3.8) is 0 Å². The van der Waals surface area contributed by atoms with Crippen LogP contribution in [0.1, 0.15) is 22.4 Å². The van der Waals surface area contributed by atoms with Gasteiger partial charge in [-0.15, -0.1) is 0 Å². The molecule has 1 aromatic heterocycles. The zero-order valence-corrected chi connectivity index (χ0v) is 11.3. The summed E-state index contributed by atoms with van der Waals surface area (Å²) in [5.41, 5.74) is 4.12. The van der Waals surface area contributed by atoms with E-state index in [0.717, 1.165) is 23.7 Å². The van der Waals surface area contributed by atoms with Crippen molar-refractivity contribution in [2.75, 3.05) is 11.9 Å². The van der Waals surface area contributed by atoms with Crippen molar-refractivity contribution in [1.82, 2.24) is 4.37 Å². The first-order valence-electron chi connectivity index (χ1n) is 5.87. The summed E-state index contributed by atoms with van der Waals surface area (Å²) in [4.78, 5) is 0. The quantitative estimate of drug-likeness (QED) is 0.914. The number of nitrogens with zero attached hydrogens (tertiary/aromatic N) is 2. The van der Waals surface area contributed by atoms with Crippen LogP contribution >= 0.6 is 11.5 Å². The maximum Gasteiger partial charge on any atom is 0.127 e. The van der Waals surface area contributed by atoms with E-state index in [1.807, 2.05) is 13.0 Å². The SMILES string of the molecule is Cc1ccccc1CCNc1snc(C)c1C#N. The Balaban J connectivity index is 1.97. The first kappa shape index (κ1) is 12.6. The van der Waals surface area contributed by atoms with Crippen LogP contribution in [0.2, 0.25) is 0 Å². The van der Waals surface area contributed by atoms with Crippen molar-refractivity contribution in [3.05, 3.63) is 46.6 Å². The largest absolute Gasteiger partial charge is 0.374 e. The number of aryl methyl sites for hydroxylation is 2. The normalized spacial score (nSPS) is 10.1. The summed E-state index contributed by atoms with van der Waals surface area (Å²) in [5, 5.41) is 13.2. The smallest absolute Gasteiger partial charge is 0.127 e. The minimum atomic E-state index is 0.671. The van der Waals surface area contributed by atoms with E-state index in [1.54, 1.807) is 0 Å². The summed E-state index contributed by atoms with van der Waals surface area (Å²) >= 11 is 1.36. The predicted molar refractivity (Wildman–Crippen MR) is 74.9 cm³/mol. The van der Waals surface area contributed by atoms with Gasteiger partial charge in [-0.1, -0.05) is 24.3 Å². The molecule has 0 unspecified atom stereocenters. The lowest BCUT2D eigenvalue weighted by molar-refractivity contribution is 1.01. The summed E-state index contributed by atoms with van der Waals surface area (Å²) in [5.74, 6) is 0. The number of rotatable bonds is 4. The number of aromatic nitrogens is 1. The van der Waals surface area contributed by atoms with E-state index >= 15 is 0 Å². The number of hydrogen-bond acceptors (Lipinski definition) is 4. The minimum absolute atomic E-state index is 0.671. The van der Waals surface area contributed by atoms with Crippen molar-refractivity contribution in [1.29, 1.82) is 5.26 Å². The van der Waals surface area contributed by atoms with Crippen LogP contribution in [0.4, 0.5) is 5.00 Å². The van der Waals surface area contributed by atoms with E-state index < -0.39 is 0 Å². The van der Waals surface area contributed by atoms with Gasteiger partial charge in [0.05, 0.1) is 5.69 Å². The molecule has 0 aliphatic rings. The van der Waals surface area contributed by atoms with Gasteiger partial charge in [-0.2, -0.15) is 9.64 Å². The Labute approximate surface area is 111 Å². The molecule has 3 nitrogen and oxygen atoms in total. The number of nitrogens with one attached hydrogen (secondary N) is 1. The molecule has 0 saturated carbocycles. The maximum atomic E-state index is 9.03. The van der Waals surface area contributed by atoms with E-state index in [0.29, 0.717) is 5.56 Å². The van der Waals surface area contributed by atoms with E-state index in [-0.39, 0.29) is 0 Å². The summed E-state index contributed by atoms with van der Waals surface area (Å²) < 4.78 is 4.19. The fourth-order valence-corrected chi connectivity index (χ4v) is 2.59. The number of nitriles is 1. The van der Waals surface area contributed by atoms with Crippen LogP contribution < -0.4 is 5.32 Å². The predicted octanol–water partition coefficient (Wildman–Crippen LogP) is 3.29. The molecule has 92 valence electrons. The van der Waals surface area contributed by atoms with Gasteiger partial charge in [-0.25, -0.2) is 0 Å². The molecule has 1 aromatic carbocycles. The lowest BCUT2D eigenvalue weighted by atomic mass is 10.1. The Bertz CT molecular complexity index is 581. The molecule has 18 heavy (non-hydrogen) atoms. The van der Waals surface area contributed by atoms with Gasteiger partial charge in [0.25, 0.3) is 0 Å². The van der Waals surface area contributed by atoms with Crippen molar-refractivity contribution in [2.45, 2.75) is 20.3 Å². The van der Waals surface area contributed by atoms with Crippen LogP contribution in [-0.2, 0) is 6.42 Å². The van der Waals surface area contributed by atoms with Crippen molar-refractivity contribution in [3.8, 4) is 6.07 Å². The molecule has 0 aliphatic heterocycles. The summed E-state index contributed by atoms with van der Waals surface area (Å²) in [6, 6.07) is 10.5. The monoisotopic (exact) mass is 257 g/mol. The van der Waals surface area contributed by atoms with Crippen LogP contribution in [0.3, 0.4) is 0 Å². The van der Waals surface area contributed by atoms with Crippen molar-refractivity contribution >= 4 is 16.5 Å². The average molecular weight is 257 g/mol. The molecule has 0 aliphatic carbocycles. The third-order valence-corrected chi connectivity index (χ3v) is 3.81. The fraction of sp³-hybridized carbons (Fsp3) is 0.286. The van der Waals surface area contributed by atoms with E-state index in [9.17, 15) is 0 Å². The summed E-state index contributed by atoms with van der Waals surface area (Å²) in [7, 11) is 0. The molecule has 0 fully saturated rings. The zero-order valence-electron chi connectivity index (χ0n) is 10.5. The molecule has 2 aromatic rings. The number of anilines is 1. The molecule has 1 N–H and O–H groups in total. The van der Waals surface area contributed by atoms with Gasteiger partial charge >= 0.3 is 0 Å². The van der Waals surface area contributed by atoms with Crippen LogP contribution in [0.5, 0.6) is 0 Å². The molecule has 0 amide bonds. The van der Waals surface area contributed by atoms with Gasteiger partial charge in [-0.05, 0) is 42.9 Å². The van der Waals surface area contributed by atoms with Gasteiger partial charge in [0.2, 0.25) is 0 Å². The Morgan fingerprint density at radius 2 is 2.11 bits per heavy atom. The van der Waals surface area contributed by atoms with Crippen LogP contribution in [-0.4, -0.2) is 10.9 Å². The molecule has 2 rings (SSSR count). The molecule has 0 bridgehead atoms. The first-order chi connectivity index (χ1) is 8.72. The van der Waals surface area contributed by atoms with Crippen LogP contribution in [0.15, 0.2) is 24.3 Å². The Kier molecular flexibility index (Phi) is 3.96. The topological polar surface area (TPSA) is 48.7 Å². The Morgan fingerprint density at radius 1 is 1.33 bits per heavy atom. The lowest BCUT2D eigenvalue weighted by Crippen LogP contribution is -2.05. The Morgan fingerprint density at radius 3 is 2.83 bits per heavy atom. The third-order valence-electron chi connectivity index (χ3n) is 2.92. The third kappa shape index (κ3) is 2.69. The standard InChI is InChI=1S/C14H15N3S/c1-10-5-3-4-6-12(10)7-8-16-14-13(9-15)11(2)17-18-14/h3-6,16H,7-8H2,1-2H3. The molecule has 1 heterocycles. The lowest BCUT2D eigenvalue weighted by Gasteiger charge is -2.06. The maximum absolute atomic E-state index is 9.03. The van der Waals surface area contributed by atoms with E-state index in [2.05, 4.69) is 40.9 Å². The second-order valence-corrected chi connectivity index (χ2v) is 4.96. The highest BCUT2D eigenvalue weighted by Crippen LogP contribution is 2.23. The van der Waals surface area contributed by atoms with Gasteiger partial charge in [0.1, 0.15) is 16.6 Å². The van der Waals surface area contributed by atoms with Gasteiger partial charge in [0, 0.05) is 6.54 Å². The highest BCUT2D eigenvalue weighted by Gasteiger charge is 2.09. The molecule has 0 atom stereocenters. The van der Waals surface area contributed by atoms with E-state index in [1.165, 1.54) is 22.7 Å². The molecular formula is C14H15N3S. The highest BCUT2D eigenvalue weighted by molar-refractivity contribution is 7.10. The number of hydrogen-bond donors (Lipinski definition) is 1. The fourth-order valence-electron chi connectivity index (χ4n) is 1.82. The molecule has 4 heteroatoms. The summed E-state index contributed by atoms with van der Waals surface area (Å²) in [6.07, 6.45) is 0.953. The molecule has 0 saturated heterocycles. The first-order valence-corrected chi connectivity index (χ1v) is 6.64. The molecular weight excluding hydrogens is 242 g/mol. The van der Waals surface area contributed by atoms with Gasteiger partial charge in [0.15, 0.2) is 0 Å². The van der Waals surface area contributed by atoms with Crippen molar-refractivity contribution < 1.29 is 0 Å². The van der Waals surface area contributed by atoms with Crippen LogP contribution in [0, 0.1) is 25.2 Å². The Hall–Kier alpha value is -1.86. The van der Waals surface area contributed by atoms with Crippen molar-refractivity contribution in [2.24, 2.45) is 0 Å². The second-order valence-electron chi connectivity index (χ2n) is 4.19. The average Bonchev–Trinajstić information content (AvgIpc) is 2.72. The van der Waals surface area contributed by atoms with Gasteiger partial charge < -0.3 is 5.32 Å². The number of benzene rings is 1.